The van der Waals surface area contributed by atoms with Gasteiger partial charge < -0.3 is 10.6 Å². The van der Waals surface area contributed by atoms with E-state index in [0.29, 0.717) is 22.7 Å². The second-order valence-electron chi connectivity index (χ2n) is 8.81. The van der Waals surface area contributed by atoms with Crippen molar-refractivity contribution in [3.8, 4) is 0 Å². The highest BCUT2D eigenvalue weighted by atomic mass is 35.5. The van der Waals surface area contributed by atoms with Crippen molar-refractivity contribution in [2.24, 2.45) is 0 Å². The fourth-order valence-electron chi connectivity index (χ4n) is 5.16. The molecule has 4 amide bonds. The number of carbonyl (C=O) groups is 2. The van der Waals surface area contributed by atoms with Crippen molar-refractivity contribution in [2.75, 3.05) is 20.4 Å². The Balaban J connectivity index is 1.69. The highest BCUT2D eigenvalue weighted by molar-refractivity contribution is 6.41. The number of rotatable bonds is 3. The van der Waals surface area contributed by atoms with Gasteiger partial charge in [-0.25, -0.2) is 9.59 Å². The molecule has 0 fully saturated rings. The molecule has 2 unspecified atom stereocenters. The third kappa shape index (κ3) is 3.96. The highest BCUT2D eigenvalue weighted by Gasteiger charge is 2.48. The number of halogens is 4. The molecule has 2 atom stereocenters. The fourth-order valence-corrected chi connectivity index (χ4v) is 6.32. The summed E-state index contributed by atoms with van der Waals surface area (Å²) < 4.78 is 0. The van der Waals surface area contributed by atoms with Crippen LogP contribution in [0.2, 0.25) is 20.1 Å². The molecule has 4 aromatic rings. The molecule has 2 aliphatic heterocycles. The number of hydrogen-bond acceptors (Lipinski definition) is 2. The van der Waals surface area contributed by atoms with Crippen LogP contribution in [0.25, 0.3) is 0 Å². The Bertz CT molecular complexity index is 1450. The van der Waals surface area contributed by atoms with Gasteiger partial charge in [-0.3, -0.25) is 9.80 Å². The standard InChI is InChI=1S/C28H18Cl4N4O2/c29-17-9-5-10-18(30)25(17)35-23(15-7-1-3-13-21(15)33-27(35)37)24-16-8-2-4-14-22(16)34-28(38)36(24)26-19(31)11-6-12-20(26)32/h1-14,23-24H,(H,33,37)(H,34,38). The third-order valence-electron chi connectivity index (χ3n) is 6.69. The molecule has 2 heterocycles. The molecule has 38 heavy (non-hydrogen) atoms. The number of para-hydroxylation sites is 4. The van der Waals surface area contributed by atoms with Crippen molar-refractivity contribution in [1.29, 1.82) is 0 Å². The molecule has 0 radical (unpaired) electrons. The largest absolute Gasteiger partial charge is 0.327 e. The number of nitrogens with zero attached hydrogens (tertiary/aromatic N) is 2. The normalized spacial score (nSPS) is 18.4. The Hall–Kier alpha value is -3.42. The maximum absolute atomic E-state index is 13.8. The van der Waals surface area contributed by atoms with E-state index < -0.39 is 24.1 Å². The summed E-state index contributed by atoms with van der Waals surface area (Å²) in [5.74, 6) is 0. The van der Waals surface area contributed by atoms with Gasteiger partial charge in [0.1, 0.15) is 0 Å². The van der Waals surface area contributed by atoms with Crippen molar-refractivity contribution in [3.63, 3.8) is 0 Å². The maximum Gasteiger partial charge on any atom is 0.327 e. The van der Waals surface area contributed by atoms with Crippen LogP contribution in [-0.4, -0.2) is 12.1 Å². The number of amides is 4. The van der Waals surface area contributed by atoms with Gasteiger partial charge in [0.2, 0.25) is 0 Å². The van der Waals surface area contributed by atoms with Crippen LogP contribution >= 0.6 is 46.4 Å². The smallest absolute Gasteiger partial charge is 0.307 e. The summed E-state index contributed by atoms with van der Waals surface area (Å²) in [5.41, 5.74) is 3.37. The first-order valence-corrected chi connectivity index (χ1v) is 13.1. The van der Waals surface area contributed by atoms with Crippen LogP contribution in [-0.2, 0) is 0 Å². The Morgan fingerprint density at radius 2 is 0.842 bits per heavy atom. The summed E-state index contributed by atoms with van der Waals surface area (Å²) in [6.45, 7) is 0. The van der Waals surface area contributed by atoms with Gasteiger partial charge in [0, 0.05) is 22.5 Å². The quantitative estimate of drug-likeness (QED) is 0.252. The topological polar surface area (TPSA) is 64.7 Å². The molecular formula is C28H18Cl4N4O2. The summed E-state index contributed by atoms with van der Waals surface area (Å²) >= 11 is 26.6. The summed E-state index contributed by atoms with van der Waals surface area (Å²) in [6.07, 6.45) is 0. The lowest BCUT2D eigenvalue weighted by atomic mass is 9.86. The first-order chi connectivity index (χ1) is 18.4. The van der Waals surface area contributed by atoms with Gasteiger partial charge in [0.05, 0.1) is 43.5 Å². The van der Waals surface area contributed by atoms with Crippen molar-refractivity contribution >= 4 is 81.2 Å². The monoisotopic (exact) mass is 582 g/mol. The zero-order valence-electron chi connectivity index (χ0n) is 19.5. The molecule has 0 spiro atoms. The Kier molecular flexibility index (Phi) is 6.36. The SMILES string of the molecule is O=C1Nc2ccccc2C(C2c3ccccc3NC(=O)N2c2c(Cl)cccc2Cl)N1c1c(Cl)cccc1Cl. The minimum absolute atomic E-state index is 0.285. The lowest BCUT2D eigenvalue weighted by Crippen LogP contribution is -2.53. The molecule has 0 bridgehead atoms. The molecule has 2 N–H and O–H groups in total. The summed E-state index contributed by atoms with van der Waals surface area (Å²) in [4.78, 5) is 30.6. The van der Waals surface area contributed by atoms with Crippen LogP contribution in [0.1, 0.15) is 23.2 Å². The average Bonchev–Trinajstić information content (AvgIpc) is 2.89. The van der Waals surface area contributed by atoms with Crippen molar-refractivity contribution in [1.82, 2.24) is 0 Å². The van der Waals surface area contributed by atoms with Crippen LogP contribution in [0.3, 0.4) is 0 Å². The van der Waals surface area contributed by atoms with E-state index in [9.17, 15) is 9.59 Å². The Labute approximate surface area is 238 Å². The number of carbonyl (C=O) groups excluding carboxylic acids is 2. The molecule has 0 saturated carbocycles. The summed E-state index contributed by atoms with van der Waals surface area (Å²) in [6, 6.07) is 22.5. The van der Waals surface area contributed by atoms with E-state index in [-0.39, 0.29) is 20.1 Å². The molecule has 6 nitrogen and oxygen atoms in total. The van der Waals surface area contributed by atoms with E-state index in [1.807, 2.05) is 48.5 Å². The Morgan fingerprint density at radius 3 is 1.21 bits per heavy atom. The zero-order chi connectivity index (χ0) is 26.6. The number of anilines is 4. The van der Waals surface area contributed by atoms with Crippen LogP contribution in [0.15, 0.2) is 84.9 Å². The second-order valence-corrected chi connectivity index (χ2v) is 10.4. The molecule has 190 valence electrons. The first kappa shape index (κ1) is 24.9. The molecular weight excluding hydrogens is 566 g/mol. The van der Waals surface area contributed by atoms with Gasteiger partial charge in [-0.2, -0.15) is 0 Å². The van der Waals surface area contributed by atoms with E-state index in [0.717, 1.165) is 11.1 Å². The molecule has 2 aliphatic rings. The molecule has 4 aromatic carbocycles. The fraction of sp³-hybridized carbons (Fsp3) is 0.0714. The lowest BCUT2D eigenvalue weighted by Gasteiger charge is -2.48. The molecule has 0 aromatic heterocycles. The molecule has 10 heteroatoms. The van der Waals surface area contributed by atoms with E-state index in [4.69, 9.17) is 46.4 Å². The molecule has 0 aliphatic carbocycles. The predicted molar refractivity (Wildman–Crippen MR) is 154 cm³/mol. The predicted octanol–water partition coefficient (Wildman–Crippen LogP) is 9.19. The van der Waals surface area contributed by atoms with Crippen molar-refractivity contribution in [2.45, 2.75) is 12.1 Å². The minimum atomic E-state index is -0.767. The number of fused-ring (bicyclic) bond motifs is 2. The Morgan fingerprint density at radius 1 is 0.500 bits per heavy atom. The first-order valence-electron chi connectivity index (χ1n) is 11.6. The van der Waals surface area contributed by atoms with E-state index >= 15 is 0 Å². The average molecular weight is 584 g/mol. The van der Waals surface area contributed by atoms with Gasteiger partial charge >= 0.3 is 12.1 Å². The van der Waals surface area contributed by atoms with Crippen LogP contribution in [0.5, 0.6) is 0 Å². The minimum Gasteiger partial charge on any atom is -0.307 e. The summed E-state index contributed by atoms with van der Waals surface area (Å²) in [7, 11) is 0. The molecule has 0 saturated heterocycles. The van der Waals surface area contributed by atoms with Gasteiger partial charge in [-0.1, -0.05) is 94.9 Å². The maximum atomic E-state index is 13.8. The number of urea groups is 2. The van der Waals surface area contributed by atoms with Gasteiger partial charge in [0.15, 0.2) is 0 Å². The van der Waals surface area contributed by atoms with Crippen LogP contribution in [0, 0.1) is 0 Å². The third-order valence-corrected chi connectivity index (χ3v) is 7.91. The number of benzene rings is 4. The number of hydrogen-bond donors (Lipinski definition) is 2. The summed E-state index contributed by atoms with van der Waals surface area (Å²) in [5, 5.41) is 7.03. The molecule has 6 rings (SSSR count). The van der Waals surface area contributed by atoms with E-state index in [1.165, 1.54) is 9.80 Å². The van der Waals surface area contributed by atoms with Crippen LogP contribution in [0.4, 0.5) is 32.3 Å². The van der Waals surface area contributed by atoms with Crippen molar-refractivity contribution < 1.29 is 9.59 Å². The van der Waals surface area contributed by atoms with E-state index in [2.05, 4.69) is 10.6 Å². The van der Waals surface area contributed by atoms with Crippen molar-refractivity contribution in [3.05, 3.63) is 116 Å². The highest BCUT2D eigenvalue weighted by Crippen LogP contribution is 2.53. The zero-order valence-corrected chi connectivity index (χ0v) is 22.5. The van der Waals surface area contributed by atoms with E-state index in [1.54, 1.807) is 36.4 Å². The lowest BCUT2D eigenvalue weighted by molar-refractivity contribution is 0.246. The van der Waals surface area contributed by atoms with Gasteiger partial charge in [0.25, 0.3) is 0 Å². The van der Waals surface area contributed by atoms with Gasteiger partial charge in [-0.05, 0) is 36.4 Å². The second kappa shape index (κ2) is 9.71. The van der Waals surface area contributed by atoms with Crippen LogP contribution < -0.4 is 20.4 Å². The number of nitrogens with one attached hydrogen (secondary N) is 2. The van der Waals surface area contributed by atoms with Gasteiger partial charge in [-0.15, -0.1) is 0 Å².